The molecular weight excluding hydrogens is 178 g/mol. The molecule has 1 aliphatic heterocycles. The van der Waals surface area contributed by atoms with Gasteiger partial charge >= 0.3 is 0 Å². The Hall–Kier alpha value is -0.870. The van der Waals surface area contributed by atoms with Crippen LogP contribution in [0.25, 0.3) is 0 Å². The van der Waals surface area contributed by atoms with Gasteiger partial charge in [0.2, 0.25) is 5.91 Å². The van der Waals surface area contributed by atoms with Gasteiger partial charge in [0.05, 0.1) is 6.04 Å². The number of amides is 1. The Kier molecular flexibility index (Phi) is 4.62. The van der Waals surface area contributed by atoms with Crippen LogP contribution < -0.4 is 11.1 Å². The van der Waals surface area contributed by atoms with Crippen molar-refractivity contribution in [3.8, 4) is 0 Å². The lowest BCUT2D eigenvalue weighted by atomic mass is 10.1. The summed E-state index contributed by atoms with van der Waals surface area (Å²) in [5, 5.41) is 2.87. The molecule has 1 rings (SSSR count). The third-order valence-electron chi connectivity index (χ3n) is 2.47. The molecule has 1 aliphatic rings. The molecule has 1 fully saturated rings. The summed E-state index contributed by atoms with van der Waals surface area (Å²) in [6.45, 7) is 5.11. The van der Waals surface area contributed by atoms with Gasteiger partial charge in [-0.2, -0.15) is 0 Å². The molecule has 1 saturated heterocycles. The Balaban J connectivity index is 2.47. The summed E-state index contributed by atoms with van der Waals surface area (Å²) in [5.74, 6) is 0.153. The first-order chi connectivity index (χ1) is 6.79. The molecule has 0 aromatic rings. The van der Waals surface area contributed by atoms with Crippen LogP contribution in [0.15, 0.2) is 12.2 Å². The normalized spacial score (nSPS) is 24.1. The second-order valence-corrected chi connectivity index (χ2v) is 3.42. The van der Waals surface area contributed by atoms with Crippen molar-refractivity contribution in [2.24, 2.45) is 5.73 Å². The second-order valence-electron chi connectivity index (χ2n) is 3.42. The molecule has 1 unspecified atom stereocenters. The van der Waals surface area contributed by atoms with Gasteiger partial charge in [-0.05, 0) is 6.42 Å². The molecule has 0 aromatic carbocycles. The Morgan fingerprint density at radius 1 is 1.64 bits per heavy atom. The quantitative estimate of drug-likeness (QED) is 0.609. The molecule has 3 N–H and O–H groups in total. The topological polar surface area (TPSA) is 58.4 Å². The molecule has 0 bridgehead atoms. The van der Waals surface area contributed by atoms with Crippen LogP contribution in [0.3, 0.4) is 0 Å². The zero-order valence-electron chi connectivity index (χ0n) is 8.70. The minimum atomic E-state index is 0.0335. The van der Waals surface area contributed by atoms with Gasteiger partial charge in [0.25, 0.3) is 0 Å². The van der Waals surface area contributed by atoms with Crippen molar-refractivity contribution in [1.82, 2.24) is 10.2 Å². The van der Waals surface area contributed by atoms with Gasteiger partial charge in [-0.3, -0.25) is 9.69 Å². The fourth-order valence-corrected chi connectivity index (χ4v) is 1.73. The summed E-state index contributed by atoms with van der Waals surface area (Å²) >= 11 is 0. The number of carbonyl (C=O) groups excluding carboxylic acids is 1. The third-order valence-corrected chi connectivity index (χ3v) is 2.47. The maximum absolute atomic E-state index is 11.5. The van der Waals surface area contributed by atoms with Crippen LogP contribution in [0.1, 0.15) is 13.3 Å². The Morgan fingerprint density at radius 3 is 3.07 bits per heavy atom. The van der Waals surface area contributed by atoms with E-state index in [0.717, 1.165) is 26.1 Å². The SMILES string of the molecule is CCC1C(=O)NCCN1CC=CCN. The van der Waals surface area contributed by atoms with Crippen LogP contribution in [-0.4, -0.2) is 43.0 Å². The van der Waals surface area contributed by atoms with Gasteiger partial charge in [-0.25, -0.2) is 0 Å². The van der Waals surface area contributed by atoms with Crippen LogP contribution >= 0.6 is 0 Å². The molecule has 4 nitrogen and oxygen atoms in total. The zero-order chi connectivity index (χ0) is 10.4. The standard InChI is InChI=1S/C10H19N3O/c1-2-9-10(14)12-6-8-13(9)7-4-3-5-11/h3-4,9H,2,5-8,11H2,1H3,(H,12,14). The van der Waals surface area contributed by atoms with Crippen molar-refractivity contribution in [2.45, 2.75) is 19.4 Å². The first-order valence-corrected chi connectivity index (χ1v) is 5.16. The van der Waals surface area contributed by atoms with Crippen molar-refractivity contribution in [2.75, 3.05) is 26.2 Å². The van der Waals surface area contributed by atoms with Crippen molar-refractivity contribution in [1.29, 1.82) is 0 Å². The summed E-state index contributed by atoms with van der Waals surface area (Å²) in [7, 11) is 0. The number of nitrogens with zero attached hydrogens (tertiary/aromatic N) is 1. The average molecular weight is 197 g/mol. The predicted molar refractivity (Wildman–Crippen MR) is 56.9 cm³/mol. The molecule has 14 heavy (non-hydrogen) atoms. The third kappa shape index (κ3) is 2.82. The number of carbonyl (C=O) groups is 1. The van der Waals surface area contributed by atoms with E-state index >= 15 is 0 Å². The molecule has 1 heterocycles. The predicted octanol–water partition coefficient (Wildman–Crippen LogP) is -0.288. The number of piperazine rings is 1. The van der Waals surface area contributed by atoms with Gasteiger partial charge in [0.1, 0.15) is 0 Å². The fourth-order valence-electron chi connectivity index (χ4n) is 1.73. The van der Waals surface area contributed by atoms with E-state index in [-0.39, 0.29) is 11.9 Å². The first-order valence-electron chi connectivity index (χ1n) is 5.16. The van der Waals surface area contributed by atoms with Crippen molar-refractivity contribution >= 4 is 5.91 Å². The smallest absolute Gasteiger partial charge is 0.237 e. The molecule has 4 heteroatoms. The van der Waals surface area contributed by atoms with Crippen LogP contribution in [0.5, 0.6) is 0 Å². The van der Waals surface area contributed by atoms with Crippen LogP contribution in [0.2, 0.25) is 0 Å². The molecule has 0 spiro atoms. The highest BCUT2D eigenvalue weighted by Gasteiger charge is 2.26. The molecule has 0 aromatic heterocycles. The highest BCUT2D eigenvalue weighted by molar-refractivity contribution is 5.82. The van der Waals surface area contributed by atoms with Crippen LogP contribution in [0.4, 0.5) is 0 Å². The number of rotatable bonds is 4. The number of nitrogens with one attached hydrogen (secondary N) is 1. The Labute approximate surface area is 85.1 Å². The molecule has 80 valence electrons. The number of hydrogen-bond acceptors (Lipinski definition) is 3. The minimum Gasteiger partial charge on any atom is -0.353 e. The lowest BCUT2D eigenvalue weighted by Gasteiger charge is -2.33. The van der Waals surface area contributed by atoms with E-state index in [1.165, 1.54) is 0 Å². The van der Waals surface area contributed by atoms with Gasteiger partial charge < -0.3 is 11.1 Å². The Bertz CT molecular complexity index is 215. The summed E-state index contributed by atoms with van der Waals surface area (Å²) < 4.78 is 0. The van der Waals surface area contributed by atoms with Crippen molar-refractivity contribution in [3.63, 3.8) is 0 Å². The van der Waals surface area contributed by atoms with Gasteiger partial charge in [0.15, 0.2) is 0 Å². The highest BCUT2D eigenvalue weighted by atomic mass is 16.2. The highest BCUT2D eigenvalue weighted by Crippen LogP contribution is 2.07. The van der Waals surface area contributed by atoms with E-state index in [2.05, 4.69) is 10.2 Å². The van der Waals surface area contributed by atoms with Crippen LogP contribution in [-0.2, 0) is 4.79 Å². The lowest BCUT2D eigenvalue weighted by molar-refractivity contribution is -0.128. The maximum atomic E-state index is 11.5. The second kappa shape index (κ2) is 5.78. The van der Waals surface area contributed by atoms with Crippen LogP contribution in [0, 0.1) is 0 Å². The molecular formula is C10H19N3O. The molecule has 1 atom stereocenters. The number of hydrogen-bond donors (Lipinski definition) is 2. The average Bonchev–Trinajstić information content (AvgIpc) is 2.18. The molecule has 0 aliphatic carbocycles. The van der Waals surface area contributed by atoms with E-state index < -0.39 is 0 Å². The van der Waals surface area contributed by atoms with E-state index in [1.54, 1.807) is 0 Å². The minimum absolute atomic E-state index is 0.0335. The molecule has 1 amide bonds. The van der Waals surface area contributed by atoms with E-state index in [4.69, 9.17) is 5.73 Å². The maximum Gasteiger partial charge on any atom is 0.237 e. The summed E-state index contributed by atoms with van der Waals surface area (Å²) in [5.41, 5.74) is 5.35. The Morgan fingerprint density at radius 2 is 2.43 bits per heavy atom. The fraction of sp³-hybridized carbons (Fsp3) is 0.700. The van der Waals surface area contributed by atoms with E-state index in [0.29, 0.717) is 6.54 Å². The summed E-state index contributed by atoms with van der Waals surface area (Å²) in [4.78, 5) is 13.7. The van der Waals surface area contributed by atoms with Gasteiger partial charge in [-0.1, -0.05) is 19.1 Å². The summed E-state index contributed by atoms with van der Waals surface area (Å²) in [6.07, 6.45) is 4.82. The molecule has 0 radical (unpaired) electrons. The lowest BCUT2D eigenvalue weighted by Crippen LogP contribution is -2.54. The first kappa shape index (κ1) is 11.2. The number of nitrogens with two attached hydrogens (primary N) is 1. The van der Waals surface area contributed by atoms with E-state index in [9.17, 15) is 4.79 Å². The zero-order valence-corrected chi connectivity index (χ0v) is 8.70. The monoisotopic (exact) mass is 197 g/mol. The van der Waals surface area contributed by atoms with Gasteiger partial charge in [-0.15, -0.1) is 0 Å². The van der Waals surface area contributed by atoms with Crippen molar-refractivity contribution < 1.29 is 4.79 Å². The van der Waals surface area contributed by atoms with E-state index in [1.807, 2.05) is 19.1 Å². The van der Waals surface area contributed by atoms with Crippen molar-refractivity contribution in [3.05, 3.63) is 12.2 Å². The van der Waals surface area contributed by atoms with Gasteiger partial charge in [0, 0.05) is 26.2 Å². The largest absolute Gasteiger partial charge is 0.353 e. The molecule has 0 saturated carbocycles. The summed E-state index contributed by atoms with van der Waals surface area (Å²) in [6, 6.07) is 0.0335.